The van der Waals surface area contributed by atoms with E-state index in [9.17, 15) is 4.79 Å². The first-order valence-corrected chi connectivity index (χ1v) is 4.43. The second-order valence-electron chi connectivity index (χ2n) is 2.82. The van der Waals surface area contributed by atoms with Gasteiger partial charge in [-0.1, -0.05) is 25.8 Å². The molecular weight excluding hydrogens is 136 g/mol. The van der Waals surface area contributed by atoms with E-state index < -0.39 is 0 Å². The van der Waals surface area contributed by atoms with Crippen molar-refractivity contribution in [1.29, 1.82) is 0 Å². The van der Waals surface area contributed by atoms with Gasteiger partial charge in [-0.25, -0.2) is 0 Å². The summed E-state index contributed by atoms with van der Waals surface area (Å²) in [7, 11) is 0. The summed E-state index contributed by atoms with van der Waals surface area (Å²) in [6, 6.07) is 0. The summed E-state index contributed by atoms with van der Waals surface area (Å²) in [5.41, 5.74) is 0. The lowest BCUT2D eigenvalue weighted by Gasteiger charge is -1.96. The summed E-state index contributed by atoms with van der Waals surface area (Å²) in [5.74, 6) is 0.387. The maximum Gasteiger partial charge on any atom is 0.133 e. The van der Waals surface area contributed by atoms with Crippen LogP contribution in [0.5, 0.6) is 0 Å². The van der Waals surface area contributed by atoms with Crippen LogP contribution in [0.3, 0.4) is 0 Å². The lowest BCUT2D eigenvalue weighted by atomic mass is 10.1. The van der Waals surface area contributed by atoms with Crippen LogP contribution in [0.2, 0.25) is 0 Å². The molecule has 64 valence electrons. The number of Topliss-reactive ketones (excluding diaryl/α,β-unsaturated/α-hetero) is 1. The van der Waals surface area contributed by atoms with Crippen molar-refractivity contribution in [2.75, 3.05) is 0 Å². The van der Waals surface area contributed by atoms with Crippen LogP contribution >= 0.6 is 0 Å². The Bertz CT molecular complexity index is 116. The molecule has 0 aliphatic heterocycles. The van der Waals surface area contributed by atoms with Crippen LogP contribution in [0, 0.1) is 0 Å². The monoisotopic (exact) mass is 154 g/mol. The third-order valence-corrected chi connectivity index (χ3v) is 1.69. The number of ketones is 1. The maximum absolute atomic E-state index is 11.0. The zero-order chi connectivity index (χ0) is 8.53. The molecule has 0 heterocycles. The van der Waals surface area contributed by atoms with Crippen molar-refractivity contribution in [3.8, 4) is 0 Å². The van der Waals surface area contributed by atoms with Gasteiger partial charge in [0, 0.05) is 12.8 Å². The van der Waals surface area contributed by atoms with Crippen LogP contribution < -0.4 is 0 Å². The summed E-state index contributed by atoms with van der Waals surface area (Å²) >= 11 is 0. The highest BCUT2D eigenvalue weighted by atomic mass is 16.1. The minimum absolute atomic E-state index is 0.387. The molecule has 0 fully saturated rings. The fraction of sp³-hybridized carbons (Fsp3) is 0.700. The molecule has 0 aliphatic rings. The van der Waals surface area contributed by atoms with E-state index in [1.54, 1.807) is 6.08 Å². The molecule has 0 saturated heterocycles. The molecule has 1 nitrogen and oxygen atoms in total. The van der Waals surface area contributed by atoms with Crippen molar-refractivity contribution in [2.45, 2.75) is 45.4 Å². The zero-order valence-electron chi connectivity index (χ0n) is 7.44. The average molecular weight is 154 g/mol. The second kappa shape index (κ2) is 7.52. The van der Waals surface area contributed by atoms with Crippen LogP contribution in [0.4, 0.5) is 0 Å². The van der Waals surface area contributed by atoms with Gasteiger partial charge in [-0.2, -0.15) is 0 Å². The number of rotatable bonds is 7. The lowest BCUT2D eigenvalue weighted by molar-refractivity contribution is -0.119. The van der Waals surface area contributed by atoms with E-state index in [1.807, 2.05) is 0 Å². The van der Waals surface area contributed by atoms with Crippen molar-refractivity contribution >= 4 is 5.78 Å². The zero-order valence-corrected chi connectivity index (χ0v) is 7.44. The van der Waals surface area contributed by atoms with Crippen LogP contribution in [0.15, 0.2) is 12.7 Å². The Labute approximate surface area is 69.5 Å². The summed E-state index contributed by atoms with van der Waals surface area (Å²) < 4.78 is 0. The summed E-state index contributed by atoms with van der Waals surface area (Å²) in [4.78, 5) is 11.0. The number of hydrogen-bond acceptors (Lipinski definition) is 1. The van der Waals surface area contributed by atoms with Crippen LogP contribution in [-0.4, -0.2) is 5.78 Å². The van der Waals surface area contributed by atoms with E-state index in [-0.39, 0.29) is 0 Å². The lowest BCUT2D eigenvalue weighted by Crippen LogP contribution is -1.95. The minimum Gasteiger partial charge on any atom is -0.300 e. The van der Waals surface area contributed by atoms with Gasteiger partial charge in [0.15, 0.2) is 0 Å². The molecule has 0 aromatic carbocycles. The van der Waals surface area contributed by atoms with Crippen molar-refractivity contribution < 1.29 is 4.79 Å². The molecule has 1 heteroatoms. The van der Waals surface area contributed by atoms with Crippen molar-refractivity contribution in [3.05, 3.63) is 12.7 Å². The molecule has 0 aliphatic carbocycles. The largest absolute Gasteiger partial charge is 0.300 e. The fourth-order valence-corrected chi connectivity index (χ4v) is 0.960. The van der Waals surface area contributed by atoms with Gasteiger partial charge >= 0.3 is 0 Å². The van der Waals surface area contributed by atoms with Gasteiger partial charge in [0.1, 0.15) is 5.78 Å². The number of hydrogen-bond donors (Lipinski definition) is 0. The van der Waals surface area contributed by atoms with Crippen molar-refractivity contribution in [1.82, 2.24) is 0 Å². The molecule has 0 unspecified atom stereocenters. The molecule has 0 amide bonds. The van der Waals surface area contributed by atoms with Gasteiger partial charge in [0.2, 0.25) is 0 Å². The maximum atomic E-state index is 11.0. The van der Waals surface area contributed by atoms with Gasteiger partial charge in [-0.15, -0.1) is 6.58 Å². The van der Waals surface area contributed by atoms with E-state index >= 15 is 0 Å². The van der Waals surface area contributed by atoms with E-state index in [0.29, 0.717) is 12.2 Å². The number of allylic oxidation sites excluding steroid dienone is 1. The van der Waals surface area contributed by atoms with Crippen LogP contribution in [0.1, 0.15) is 45.4 Å². The molecule has 0 bridgehead atoms. The molecule has 0 aromatic rings. The standard InChI is InChI=1S/C10H18O/c1-3-5-7-9-10(11)8-6-4-2/h4H,2-3,5-9H2,1H3. The molecule has 0 radical (unpaired) electrons. The topological polar surface area (TPSA) is 17.1 Å². The van der Waals surface area contributed by atoms with Gasteiger partial charge < -0.3 is 0 Å². The van der Waals surface area contributed by atoms with E-state index in [0.717, 1.165) is 19.3 Å². The number of carbonyl (C=O) groups excluding carboxylic acids is 1. The molecule has 0 atom stereocenters. The number of carbonyl (C=O) groups is 1. The van der Waals surface area contributed by atoms with Crippen LogP contribution in [0.25, 0.3) is 0 Å². The molecule has 0 aromatic heterocycles. The highest BCUT2D eigenvalue weighted by Gasteiger charge is 1.98. The highest BCUT2D eigenvalue weighted by Crippen LogP contribution is 2.03. The molecule has 0 N–H and O–H groups in total. The molecular formula is C10H18O. The minimum atomic E-state index is 0.387. The van der Waals surface area contributed by atoms with Crippen LogP contribution in [-0.2, 0) is 4.79 Å². The van der Waals surface area contributed by atoms with E-state index in [1.165, 1.54) is 12.8 Å². The predicted octanol–water partition coefficient (Wildman–Crippen LogP) is 3.10. The fourth-order valence-electron chi connectivity index (χ4n) is 0.960. The smallest absolute Gasteiger partial charge is 0.133 e. The normalized spacial score (nSPS) is 9.55. The summed E-state index contributed by atoms with van der Waals surface area (Å²) in [6.45, 7) is 5.72. The average Bonchev–Trinajstić information content (AvgIpc) is 2.01. The predicted molar refractivity (Wildman–Crippen MR) is 48.6 cm³/mol. The Morgan fingerprint density at radius 3 is 2.64 bits per heavy atom. The third-order valence-electron chi connectivity index (χ3n) is 1.69. The SMILES string of the molecule is C=CCCC(=O)CCCCC. The molecule has 0 rings (SSSR count). The third kappa shape index (κ3) is 7.31. The Morgan fingerprint density at radius 2 is 2.09 bits per heavy atom. The molecule has 0 saturated carbocycles. The molecule has 11 heavy (non-hydrogen) atoms. The summed E-state index contributed by atoms with van der Waals surface area (Å²) in [6.07, 6.45) is 7.53. The van der Waals surface area contributed by atoms with Gasteiger partial charge in [0.05, 0.1) is 0 Å². The van der Waals surface area contributed by atoms with Gasteiger partial charge in [-0.3, -0.25) is 4.79 Å². The first-order valence-electron chi connectivity index (χ1n) is 4.43. The van der Waals surface area contributed by atoms with E-state index in [2.05, 4.69) is 13.5 Å². The first kappa shape index (κ1) is 10.4. The van der Waals surface area contributed by atoms with Crippen molar-refractivity contribution in [2.24, 2.45) is 0 Å². The Kier molecular flexibility index (Phi) is 7.11. The molecule has 0 spiro atoms. The number of unbranched alkanes of at least 4 members (excludes halogenated alkanes) is 2. The first-order chi connectivity index (χ1) is 5.31. The van der Waals surface area contributed by atoms with E-state index in [4.69, 9.17) is 0 Å². The Hall–Kier alpha value is -0.590. The highest BCUT2D eigenvalue weighted by molar-refractivity contribution is 5.78. The van der Waals surface area contributed by atoms with Crippen molar-refractivity contribution in [3.63, 3.8) is 0 Å². The Morgan fingerprint density at radius 1 is 1.36 bits per heavy atom. The second-order valence-corrected chi connectivity index (χ2v) is 2.82. The van der Waals surface area contributed by atoms with Gasteiger partial charge in [0.25, 0.3) is 0 Å². The Balaban J connectivity index is 3.15. The van der Waals surface area contributed by atoms with Gasteiger partial charge in [-0.05, 0) is 12.8 Å². The quantitative estimate of drug-likeness (QED) is 0.407. The summed E-state index contributed by atoms with van der Waals surface area (Å²) in [5, 5.41) is 0.